The number of anilines is 1. The molecule has 2 aromatic rings. The van der Waals surface area contributed by atoms with Gasteiger partial charge in [0.1, 0.15) is 0 Å². The van der Waals surface area contributed by atoms with Gasteiger partial charge in [-0.25, -0.2) is 8.42 Å². The number of aromatic amines is 1. The van der Waals surface area contributed by atoms with Crippen LogP contribution in [0.1, 0.15) is 33.8 Å². The number of H-pyrrole nitrogens is 1. The minimum atomic E-state index is -3.19. The number of sulfone groups is 1. The molecular weight excluding hydrogens is 318 g/mol. The van der Waals surface area contributed by atoms with E-state index in [-0.39, 0.29) is 11.3 Å². The zero-order chi connectivity index (χ0) is 15.5. The molecule has 0 saturated heterocycles. The fourth-order valence-corrected chi connectivity index (χ4v) is 5.29. The van der Waals surface area contributed by atoms with Gasteiger partial charge in [-0.15, -0.1) is 0 Å². The van der Waals surface area contributed by atoms with E-state index in [2.05, 4.69) is 22.4 Å². The molecule has 2 aliphatic heterocycles. The van der Waals surface area contributed by atoms with Gasteiger partial charge in [0.05, 0.1) is 21.9 Å². The van der Waals surface area contributed by atoms with Crippen molar-refractivity contribution in [3.8, 4) is 0 Å². The number of hydrogen-bond acceptors (Lipinski definition) is 5. The van der Waals surface area contributed by atoms with E-state index in [0.717, 1.165) is 34.8 Å². The van der Waals surface area contributed by atoms with E-state index in [0.29, 0.717) is 4.90 Å². The molecule has 2 aliphatic rings. The molecule has 0 aliphatic carbocycles. The highest BCUT2D eigenvalue weighted by Gasteiger charge is 2.38. The van der Waals surface area contributed by atoms with Gasteiger partial charge in [-0.1, -0.05) is 0 Å². The van der Waals surface area contributed by atoms with Gasteiger partial charge in [-0.2, -0.15) is 16.9 Å². The molecule has 5 nitrogen and oxygen atoms in total. The van der Waals surface area contributed by atoms with Gasteiger partial charge in [0.15, 0.2) is 9.84 Å². The first-order valence-corrected chi connectivity index (χ1v) is 10.1. The van der Waals surface area contributed by atoms with Crippen LogP contribution in [0.25, 0.3) is 0 Å². The van der Waals surface area contributed by atoms with Crippen LogP contribution in [0.5, 0.6) is 0 Å². The number of aromatic nitrogens is 2. The van der Waals surface area contributed by atoms with Crippen LogP contribution in [0.3, 0.4) is 0 Å². The molecule has 1 aromatic heterocycles. The zero-order valence-electron chi connectivity index (χ0n) is 12.4. The Bertz CT molecular complexity index is 858. The lowest BCUT2D eigenvalue weighted by atomic mass is 10.0. The molecule has 7 heteroatoms. The number of fused-ring (bicyclic) bond motifs is 5. The molecule has 22 heavy (non-hydrogen) atoms. The topological polar surface area (TPSA) is 74.8 Å². The third kappa shape index (κ3) is 2.06. The molecule has 0 amide bonds. The first-order valence-electron chi connectivity index (χ1n) is 7.21. The lowest BCUT2D eigenvalue weighted by Crippen LogP contribution is -2.10. The monoisotopic (exact) mass is 335 g/mol. The van der Waals surface area contributed by atoms with Gasteiger partial charge < -0.3 is 5.32 Å². The Morgan fingerprint density at radius 2 is 2.18 bits per heavy atom. The van der Waals surface area contributed by atoms with Crippen LogP contribution < -0.4 is 5.32 Å². The standard InChI is InChI=1S/C15H17N3O2S2/c1-8-10-5-6-21-15-11-7-9(22(2,19)20)3-4-12(11)16-14(15)13(10)18-17-8/h3-4,7,14-16H,5-6H2,1-2H3,(H,17,18). The molecule has 3 heterocycles. The van der Waals surface area contributed by atoms with Gasteiger partial charge in [0.25, 0.3) is 0 Å². The largest absolute Gasteiger partial charge is 0.375 e. The van der Waals surface area contributed by atoms with Crippen LogP contribution in [-0.2, 0) is 16.3 Å². The predicted molar refractivity (Wildman–Crippen MR) is 88.1 cm³/mol. The number of aryl methyl sites for hydroxylation is 1. The molecule has 0 saturated carbocycles. The molecule has 4 rings (SSSR count). The number of nitrogens with zero attached hydrogens (tertiary/aromatic N) is 1. The number of hydrogen-bond donors (Lipinski definition) is 2. The van der Waals surface area contributed by atoms with Crippen molar-refractivity contribution >= 4 is 27.3 Å². The zero-order valence-corrected chi connectivity index (χ0v) is 14.0. The first kappa shape index (κ1) is 14.1. The summed E-state index contributed by atoms with van der Waals surface area (Å²) in [7, 11) is -3.19. The summed E-state index contributed by atoms with van der Waals surface area (Å²) in [5.41, 5.74) is 5.59. The van der Waals surface area contributed by atoms with Crippen molar-refractivity contribution in [1.29, 1.82) is 0 Å². The minimum absolute atomic E-state index is 0.109. The van der Waals surface area contributed by atoms with E-state index < -0.39 is 9.84 Å². The third-order valence-corrected chi connectivity index (χ3v) is 6.86. The summed E-state index contributed by atoms with van der Waals surface area (Å²) >= 11 is 1.88. The molecule has 116 valence electrons. The summed E-state index contributed by atoms with van der Waals surface area (Å²) in [5, 5.41) is 11.3. The van der Waals surface area contributed by atoms with Crippen LogP contribution in [0.2, 0.25) is 0 Å². The normalized spacial score (nSPS) is 23.2. The molecule has 2 unspecified atom stereocenters. The third-order valence-electron chi connectivity index (χ3n) is 4.42. The summed E-state index contributed by atoms with van der Waals surface area (Å²) < 4.78 is 23.6. The van der Waals surface area contributed by atoms with Crippen molar-refractivity contribution in [2.24, 2.45) is 0 Å². The van der Waals surface area contributed by atoms with Gasteiger partial charge in [0, 0.05) is 17.6 Å². The molecule has 2 N–H and O–H groups in total. The molecule has 2 atom stereocenters. The van der Waals surface area contributed by atoms with Crippen LogP contribution in [-0.4, -0.2) is 30.6 Å². The van der Waals surface area contributed by atoms with Gasteiger partial charge in [0.2, 0.25) is 0 Å². The molecule has 0 fully saturated rings. The van der Waals surface area contributed by atoms with E-state index in [4.69, 9.17) is 0 Å². The van der Waals surface area contributed by atoms with Gasteiger partial charge >= 0.3 is 0 Å². The fraction of sp³-hybridized carbons (Fsp3) is 0.400. The van der Waals surface area contributed by atoms with E-state index in [9.17, 15) is 8.42 Å². The highest BCUT2D eigenvalue weighted by atomic mass is 32.2. The Labute approximate surface area is 133 Å². The van der Waals surface area contributed by atoms with Crippen molar-refractivity contribution < 1.29 is 8.42 Å². The van der Waals surface area contributed by atoms with Crippen molar-refractivity contribution in [2.75, 3.05) is 17.3 Å². The predicted octanol–water partition coefficient (Wildman–Crippen LogP) is 2.62. The minimum Gasteiger partial charge on any atom is -0.375 e. The smallest absolute Gasteiger partial charge is 0.175 e. The SMILES string of the molecule is Cc1[nH]nc2c1CCSC1c3cc(S(C)(=O)=O)ccc3NC21. The lowest BCUT2D eigenvalue weighted by Gasteiger charge is -2.16. The second kappa shape index (κ2) is 4.76. The maximum atomic E-state index is 11.8. The molecule has 0 spiro atoms. The Morgan fingerprint density at radius 1 is 1.36 bits per heavy atom. The number of rotatable bonds is 1. The van der Waals surface area contributed by atoms with E-state index >= 15 is 0 Å². The fourth-order valence-electron chi connectivity index (χ4n) is 3.29. The highest BCUT2D eigenvalue weighted by molar-refractivity contribution is 7.99. The first-order chi connectivity index (χ1) is 10.4. The van der Waals surface area contributed by atoms with Crippen LogP contribution in [0, 0.1) is 6.92 Å². The molecule has 0 radical (unpaired) electrons. The summed E-state index contributed by atoms with van der Waals surface area (Å²) in [4.78, 5) is 0.386. The maximum absolute atomic E-state index is 11.8. The Balaban J connectivity index is 1.82. The summed E-state index contributed by atoms with van der Waals surface area (Å²) in [5.74, 6) is 1.01. The van der Waals surface area contributed by atoms with Gasteiger partial charge in [-0.3, -0.25) is 5.10 Å². The van der Waals surface area contributed by atoms with Crippen molar-refractivity contribution in [3.05, 3.63) is 40.7 Å². The Kier molecular flexibility index (Phi) is 3.06. The van der Waals surface area contributed by atoms with Crippen LogP contribution in [0.15, 0.2) is 23.1 Å². The Hall–Kier alpha value is -1.47. The average molecular weight is 335 g/mol. The van der Waals surface area contributed by atoms with E-state index in [1.54, 1.807) is 6.07 Å². The Morgan fingerprint density at radius 3 is 2.95 bits per heavy atom. The van der Waals surface area contributed by atoms with E-state index in [1.165, 1.54) is 11.8 Å². The van der Waals surface area contributed by atoms with Crippen LogP contribution >= 0.6 is 11.8 Å². The molecule has 0 bridgehead atoms. The maximum Gasteiger partial charge on any atom is 0.175 e. The molecular formula is C15H17N3O2S2. The van der Waals surface area contributed by atoms with Crippen LogP contribution in [0.4, 0.5) is 5.69 Å². The number of nitrogens with one attached hydrogen (secondary N) is 2. The summed E-state index contributed by atoms with van der Waals surface area (Å²) in [6.07, 6.45) is 2.25. The lowest BCUT2D eigenvalue weighted by molar-refractivity contribution is 0.601. The van der Waals surface area contributed by atoms with Crippen molar-refractivity contribution in [1.82, 2.24) is 10.2 Å². The molecule has 1 aromatic carbocycles. The summed E-state index contributed by atoms with van der Waals surface area (Å²) in [6.45, 7) is 2.06. The second-order valence-electron chi connectivity index (χ2n) is 5.90. The summed E-state index contributed by atoms with van der Waals surface area (Å²) in [6, 6.07) is 5.48. The van der Waals surface area contributed by atoms with Crippen molar-refractivity contribution in [3.63, 3.8) is 0 Å². The quantitative estimate of drug-likeness (QED) is 0.838. The second-order valence-corrected chi connectivity index (χ2v) is 9.16. The van der Waals surface area contributed by atoms with Gasteiger partial charge in [-0.05, 0) is 48.4 Å². The van der Waals surface area contributed by atoms with E-state index in [1.807, 2.05) is 23.9 Å². The number of thioether (sulfide) groups is 1. The number of benzene rings is 1. The van der Waals surface area contributed by atoms with Crippen molar-refractivity contribution in [2.45, 2.75) is 29.5 Å². The highest BCUT2D eigenvalue weighted by Crippen LogP contribution is 2.52. The average Bonchev–Trinajstić information content (AvgIpc) is 2.94.